The van der Waals surface area contributed by atoms with Crippen molar-refractivity contribution in [1.82, 2.24) is 20.5 Å². The standard InChI is InChI=1S/C41H44F3N9O5S/c1-4-25-18-29(53-39(59)52(38(57)40(53)14-7-15-40)30-20-31(41(42,43)44)33(21-45)47-22-30)10-12-34(25)58-17-16-46-26(5-2)23-51(3)24-36(55)49-28-9-6-8-27(19-28)48-32-11-13-35(54)50-37(32)56/h5-6,8-10,12,18-20,22,26,32,46,48H,2,4,7,11,13-17,23-24H2,1,3H3,(H,49,55)(H,50,54,56)/t26-,32?/m1/s1. The van der Waals surface area contributed by atoms with Gasteiger partial charge in [-0.2, -0.15) is 18.4 Å². The third-order valence-corrected chi connectivity index (χ3v) is 10.9. The second-order valence-corrected chi connectivity index (χ2v) is 15.0. The number of carbonyl (C=O) groups is 4. The average molecular weight is 832 g/mol. The van der Waals surface area contributed by atoms with E-state index in [-0.39, 0.29) is 47.5 Å². The van der Waals surface area contributed by atoms with Crippen molar-refractivity contribution >= 4 is 63.7 Å². The molecule has 4 N–H and O–H groups in total. The number of ether oxygens (including phenoxy) is 1. The Kier molecular flexibility index (Phi) is 13.0. The lowest BCUT2D eigenvalue weighted by Gasteiger charge is -2.43. The number of piperidine rings is 1. The number of likely N-dealkylation sites (N-methyl/N-ethyl adjacent to an activating group) is 1. The Labute approximate surface area is 344 Å². The zero-order chi connectivity index (χ0) is 42.5. The number of nitrogens with one attached hydrogen (secondary N) is 4. The first-order chi connectivity index (χ1) is 28.2. The number of carbonyl (C=O) groups excluding carboxylic acids is 4. The third-order valence-electron chi connectivity index (χ3n) is 10.5. The second-order valence-electron chi connectivity index (χ2n) is 14.6. The maximum absolute atomic E-state index is 13.9. The van der Waals surface area contributed by atoms with Crippen molar-refractivity contribution in [2.45, 2.75) is 69.2 Å². The van der Waals surface area contributed by atoms with Crippen molar-refractivity contribution in [3.8, 4) is 11.8 Å². The molecule has 2 atom stereocenters. The number of aryl methyl sites for hydroxylation is 1. The van der Waals surface area contributed by atoms with E-state index in [0.717, 1.165) is 29.1 Å². The van der Waals surface area contributed by atoms with E-state index in [2.05, 4.69) is 32.8 Å². The highest BCUT2D eigenvalue weighted by atomic mass is 32.1. The summed E-state index contributed by atoms with van der Waals surface area (Å²) < 4.78 is 47.5. The molecule has 1 spiro atoms. The lowest BCUT2D eigenvalue weighted by Crippen LogP contribution is -2.55. The van der Waals surface area contributed by atoms with Crippen LogP contribution in [0.1, 0.15) is 55.8 Å². The van der Waals surface area contributed by atoms with Crippen LogP contribution >= 0.6 is 12.2 Å². The molecule has 310 valence electrons. The van der Waals surface area contributed by atoms with Crippen LogP contribution in [0.4, 0.5) is 35.9 Å². The monoisotopic (exact) mass is 831 g/mol. The summed E-state index contributed by atoms with van der Waals surface area (Å²) in [5, 5.41) is 20.9. The molecule has 18 heteroatoms. The number of alkyl halides is 3. The molecule has 3 fully saturated rings. The predicted octanol–water partition coefficient (Wildman–Crippen LogP) is 4.91. The van der Waals surface area contributed by atoms with Gasteiger partial charge in [0.2, 0.25) is 17.7 Å². The van der Waals surface area contributed by atoms with Gasteiger partial charge in [-0.05, 0) is 99.4 Å². The molecule has 2 saturated heterocycles. The molecular formula is C41H44F3N9O5S. The topological polar surface area (TPSA) is 172 Å². The molecule has 3 aliphatic rings. The van der Waals surface area contributed by atoms with E-state index in [4.69, 9.17) is 17.0 Å². The van der Waals surface area contributed by atoms with E-state index in [1.807, 2.05) is 24.9 Å². The van der Waals surface area contributed by atoms with Crippen LogP contribution in [-0.4, -0.2) is 89.5 Å². The van der Waals surface area contributed by atoms with Crippen LogP contribution in [0, 0.1) is 11.3 Å². The number of rotatable bonds is 16. The molecule has 0 bridgehead atoms. The molecule has 6 rings (SSSR count). The lowest BCUT2D eigenvalue weighted by atomic mass is 9.75. The molecule has 1 saturated carbocycles. The van der Waals surface area contributed by atoms with Gasteiger partial charge in [-0.3, -0.25) is 34.3 Å². The number of nitrogens with zero attached hydrogens (tertiary/aromatic N) is 5. The first kappa shape index (κ1) is 42.7. The number of aromatic nitrogens is 1. The number of imide groups is 1. The second kappa shape index (κ2) is 17.9. The summed E-state index contributed by atoms with van der Waals surface area (Å²) in [6.07, 6.45) is 0.852. The smallest absolute Gasteiger partial charge is 0.419 e. The van der Waals surface area contributed by atoms with Crippen LogP contribution in [0.15, 0.2) is 67.4 Å². The fourth-order valence-electron chi connectivity index (χ4n) is 7.40. The molecular weight excluding hydrogens is 788 g/mol. The minimum absolute atomic E-state index is 0.0284. The van der Waals surface area contributed by atoms with E-state index in [0.29, 0.717) is 68.2 Å². The fourth-order valence-corrected chi connectivity index (χ4v) is 7.87. The maximum Gasteiger partial charge on any atom is 0.419 e. The third kappa shape index (κ3) is 9.38. The van der Waals surface area contributed by atoms with Gasteiger partial charge in [0.1, 0.15) is 30.0 Å². The first-order valence-electron chi connectivity index (χ1n) is 19.1. The van der Waals surface area contributed by atoms with Gasteiger partial charge >= 0.3 is 6.18 Å². The number of hydrogen-bond acceptors (Lipinski definition) is 11. The Morgan fingerprint density at radius 3 is 2.61 bits per heavy atom. The van der Waals surface area contributed by atoms with Crippen LogP contribution in [0.3, 0.4) is 0 Å². The van der Waals surface area contributed by atoms with E-state index in [1.165, 1.54) is 6.07 Å². The quantitative estimate of drug-likeness (QED) is 0.0667. The van der Waals surface area contributed by atoms with Gasteiger partial charge in [0.05, 0.1) is 24.0 Å². The van der Waals surface area contributed by atoms with Crippen molar-refractivity contribution in [3.05, 3.63) is 84.2 Å². The largest absolute Gasteiger partial charge is 0.492 e. The first-order valence-corrected chi connectivity index (χ1v) is 19.5. The van der Waals surface area contributed by atoms with Crippen LogP contribution in [0.2, 0.25) is 0 Å². The zero-order valence-corrected chi connectivity index (χ0v) is 33.3. The van der Waals surface area contributed by atoms with Crippen molar-refractivity contribution in [2.75, 3.05) is 53.7 Å². The summed E-state index contributed by atoms with van der Waals surface area (Å²) in [5.41, 5.74) is -0.580. The van der Waals surface area contributed by atoms with E-state index in [1.54, 1.807) is 47.4 Å². The Morgan fingerprint density at radius 2 is 1.95 bits per heavy atom. The summed E-state index contributed by atoms with van der Waals surface area (Å²) in [7, 11) is 1.82. The molecule has 3 aromatic rings. The summed E-state index contributed by atoms with van der Waals surface area (Å²) in [5.74, 6) is -0.722. The molecule has 2 aliphatic heterocycles. The fraction of sp³-hybridized carbons (Fsp3) is 0.390. The number of thiocarbonyl (C=S) groups is 1. The molecule has 0 radical (unpaired) electrons. The van der Waals surface area contributed by atoms with Crippen LogP contribution in [0.5, 0.6) is 5.75 Å². The van der Waals surface area contributed by atoms with Crippen molar-refractivity contribution in [3.63, 3.8) is 0 Å². The Bertz CT molecular complexity index is 2190. The highest BCUT2D eigenvalue weighted by Crippen LogP contribution is 2.48. The van der Waals surface area contributed by atoms with E-state index >= 15 is 0 Å². The summed E-state index contributed by atoms with van der Waals surface area (Å²) >= 11 is 5.76. The zero-order valence-electron chi connectivity index (χ0n) is 32.5. The van der Waals surface area contributed by atoms with Gasteiger partial charge < -0.3 is 25.6 Å². The molecule has 1 aromatic heterocycles. The van der Waals surface area contributed by atoms with Gasteiger partial charge in [-0.15, -0.1) is 6.58 Å². The predicted molar refractivity (Wildman–Crippen MR) is 219 cm³/mol. The molecule has 14 nitrogen and oxygen atoms in total. The molecule has 1 aliphatic carbocycles. The number of amides is 4. The number of benzene rings is 2. The number of nitriles is 1. The summed E-state index contributed by atoms with van der Waals surface area (Å²) in [6, 6.07) is 14.0. The van der Waals surface area contributed by atoms with Gasteiger partial charge in [-0.1, -0.05) is 19.1 Å². The Balaban J connectivity index is 1.02. The van der Waals surface area contributed by atoms with Crippen LogP contribution in [0.25, 0.3) is 0 Å². The Morgan fingerprint density at radius 1 is 1.19 bits per heavy atom. The minimum Gasteiger partial charge on any atom is -0.492 e. The van der Waals surface area contributed by atoms with Crippen molar-refractivity contribution in [1.29, 1.82) is 5.26 Å². The number of halogens is 3. The Hall–Kier alpha value is -5.90. The summed E-state index contributed by atoms with van der Waals surface area (Å²) in [6.45, 7) is 7.22. The van der Waals surface area contributed by atoms with Crippen LogP contribution in [-0.2, 0) is 31.8 Å². The van der Waals surface area contributed by atoms with Gasteiger partial charge in [0, 0.05) is 42.6 Å². The number of pyridine rings is 1. The molecule has 59 heavy (non-hydrogen) atoms. The maximum atomic E-state index is 13.9. The van der Waals surface area contributed by atoms with Crippen LogP contribution < -0.4 is 35.8 Å². The highest BCUT2D eigenvalue weighted by molar-refractivity contribution is 7.81. The molecule has 3 heterocycles. The molecule has 2 aromatic carbocycles. The molecule has 1 unspecified atom stereocenters. The van der Waals surface area contributed by atoms with Gasteiger partial charge in [-0.25, -0.2) is 4.98 Å². The number of hydrogen-bond donors (Lipinski definition) is 4. The molecule has 4 amide bonds. The van der Waals surface area contributed by atoms with E-state index < -0.39 is 34.9 Å². The summed E-state index contributed by atoms with van der Waals surface area (Å²) in [4.78, 5) is 58.7. The SMILES string of the molecule is C=C[C@H](CN(C)CC(=O)Nc1cccc(NC2CCC(=O)NC2=O)c1)NCCOc1ccc(N2C(=S)N(c3cnc(C#N)c(C(F)(F)F)c3)C(=O)C23CCC3)cc1CC. The van der Waals surface area contributed by atoms with Crippen molar-refractivity contribution < 1.29 is 37.1 Å². The van der Waals surface area contributed by atoms with Crippen molar-refractivity contribution in [2.24, 2.45) is 0 Å². The minimum atomic E-state index is -4.85. The normalized spacial score (nSPS) is 18.0. The van der Waals surface area contributed by atoms with Gasteiger partial charge in [0.15, 0.2) is 10.8 Å². The average Bonchev–Trinajstić information content (AvgIpc) is 3.42. The lowest BCUT2D eigenvalue weighted by molar-refractivity contribution is -0.138. The highest BCUT2D eigenvalue weighted by Gasteiger charge is 2.60. The van der Waals surface area contributed by atoms with Gasteiger partial charge in [0.25, 0.3) is 5.91 Å². The number of anilines is 4. The van der Waals surface area contributed by atoms with E-state index in [9.17, 15) is 37.6 Å².